The van der Waals surface area contributed by atoms with Gasteiger partial charge >= 0.3 is 6.03 Å². The minimum Gasteiger partial charge on any atom is -0.378 e. The lowest BCUT2D eigenvalue weighted by molar-refractivity contribution is 0.122. The predicted octanol–water partition coefficient (Wildman–Crippen LogP) is 1.09. The molecule has 1 aliphatic heterocycles. The monoisotopic (exact) mass is 460 g/mol. The smallest absolute Gasteiger partial charge is 0.316 e. The molecule has 2 aliphatic rings. The number of carbonyl (C=O) groups excluding carboxylic acids is 1. The summed E-state index contributed by atoms with van der Waals surface area (Å²) < 4.78 is 30.8. The van der Waals surface area contributed by atoms with Crippen LogP contribution in [-0.2, 0) is 19.3 Å². The van der Waals surface area contributed by atoms with Crippen molar-refractivity contribution in [3.05, 3.63) is 36.0 Å². The number of carbonyl (C=O) groups is 1. The van der Waals surface area contributed by atoms with Crippen molar-refractivity contribution in [2.75, 3.05) is 55.9 Å². The Morgan fingerprint density at radius 2 is 1.88 bits per heavy atom. The van der Waals surface area contributed by atoms with E-state index in [-0.39, 0.29) is 5.75 Å². The number of nitrogens with one attached hydrogen (secondary N) is 2. The van der Waals surface area contributed by atoms with Gasteiger partial charge in [0.15, 0.2) is 15.7 Å². The zero-order chi connectivity index (χ0) is 22.8. The maximum atomic E-state index is 13.2. The second kappa shape index (κ2) is 9.00. The van der Waals surface area contributed by atoms with Crippen molar-refractivity contribution in [1.82, 2.24) is 15.3 Å². The molecule has 10 nitrogen and oxygen atoms in total. The fourth-order valence-electron chi connectivity index (χ4n) is 3.87. The Morgan fingerprint density at radius 3 is 2.47 bits per heavy atom. The van der Waals surface area contributed by atoms with Crippen molar-refractivity contribution in [2.24, 2.45) is 5.73 Å². The molecule has 0 radical (unpaired) electrons. The quantitative estimate of drug-likeness (QED) is 0.532. The van der Waals surface area contributed by atoms with E-state index in [0.717, 1.165) is 5.56 Å². The molecule has 2 amide bonds. The second-order valence-electron chi connectivity index (χ2n) is 8.02. The number of anilines is 2. The highest BCUT2D eigenvalue weighted by Gasteiger charge is 2.56. The summed E-state index contributed by atoms with van der Waals surface area (Å²) in [6, 6.07) is 8.16. The fourth-order valence-corrected chi connectivity index (χ4v) is 5.88. The van der Waals surface area contributed by atoms with Crippen LogP contribution in [-0.4, -0.2) is 70.1 Å². The summed E-state index contributed by atoms with van der Waals surface area (Å²) in [6.45, 7) is 2.93. The molecule has 32 heavy (non-hydrogen) atoms. The van der Waals surface area contributed by atoms with Crippen LogP contribution in [0.15, 0.2) is 30.3 Å². The molecule has 2 heterocycles. The highest BCUT2D eigenvalue weighted by Crippen LogP contribution is 2.53. The van der Waals surface area contributed by atoms with Crippen LogP contribution in [0.25, 0.3) is 11.4 Å². The number of urea groups is 1. The number of hydrogen-bond donors (Lipinski definition) is 3. The Kier molecular flexibility index (Phi) is 6.31. The molecule has 11 heteroatoms. The number of hydrogen-bond acceptors (Lipinski definition) is 8. The van der Waals surface area contributed by atoms with Gasteiger partial charge in [-0.15, -0.1) is 0 Å². The van der Waals surface area contributed by atoms with E-state index in [9.17, 15) is 13.2 Å². The highest BCUT2D eigenvalue weighted by molar-refractivity contribution is 7.92. The lowest BCUT2D eigenvalue weighted by Crippen LogP contribution is -2.37. The average molecular weight is 461 g/mol. The maximum absolute atomic E-state index is 13.2. The molecular formula is C21H28N6O4S. The minimum atomic E-state index is -3.39. The molecule has 4 rings (SSSR count). The lowest BCUT2D eigenvalue weighted by Gasteiger charge is -2.29. The van der Waals surface area contributed by atoms with Crippen LogP contribution in [0.3, 0.4) is 0 Å². The van der Waals surface area contributed by atoms with Crippen LogP contribution in [0.5, 0.6) is 0 Å². The third-order valence-corrected chi connectivity index (χ3v) is 8.40. The predicted molar refractivity (Wildman–Crippen MR) is 122 cm³/mol. The Morgan fingerprint density at radius 1 is 1.19 bits per heavy atom. The van der Waals surface area contributed by atoms with Crippen molar-refractivity contribution >= 4 is 27.4 Å². The number of sulfone groups is 1. The van der Waals surface area contributed by atoms with Crippen molar-refractivity contribution in [1.29, 1.82) is 0 Å². The minimum absolute atomic E-state index is 0.0587. The number of aromatic nitrogens is 2. The third kappa shape index (κ3) is 4.54. The van der Waals surface area contributed by atoms with E-state index in [2.05, 4.69) is 15.5 Å². The van der Waals surface area contributed by atoms with Gasteiger partial charge in [-0.05, 0) is 44.2 Å². The van der Waals surface area contributed by atoms with Crippen molar-refractivity contribution in [3.8, 4) is 11.4 Å². The SMILES string of the molecule is CNCCS(=O)(=O)C1(c2cc(N3CCOCC3)nc(-c3ccc(NC(N)=O)cc3)n2)CC1. The summed E-state index contributed by atoms with van der Waals surface area (Å²) in [5.41, 5.74) is 6.99. The number of amides is 2. The van der Waals surface area contributed by atoms with E-state index >= 15 is 0 Å². The molecular weight excluding hydrogens is 432 g/mol. The standard InChI is InChI=1S/C21H28N6O4S/c1-23-8-13-32(29,30)21(6-7-21)17-14-18(27-9-11-31-12-10-27)26-19(25-17)15-2-4-16(5-3-15)24-20(22)28/h2-5,14,23H,6-13H2,1H3,(H3,22,24,28). The van der Waals surface area contributed by atoms with E-state index in [1.165, 1.54) is 0 Å². The van der Waals surface area contributed by atoms with Gasteiger partial charge in [-0.1, -0.05) is 0 Å². The topological polar surface area (TPSA) is 140 Å². The first-order chi connectivity index (χ1) is 15.3. The molecule has 0 spiro atoms. The van der Waals surface area contributed by atoms with E-state index < -0.39 is 20.6 Å². The summed E-state index contributed by atoms with van der Waals surface area (Å²) in [6.07, 6.45) is 1.11. The van der Waals surface area contributed by atoms with Gasteiger partial charge in [0.1, 0.15) is 10.6 Å². The van der Waals surface area contributed by atoms with Gasteiger partial charge in [0, 0.05) is 37.0 Å². The first-order valence-electron chi connectivity index (χ1n) is 10.6. The molecule has 1 aliphatic carbocycles. The van der Waals surface area contributed by atoms with Crippen molar-refractivity contribution < 1.29 is 17.9 Å². The molecule has 0 bridgehead atoms. The van der Waals surface area contributed by atoms with E-state index in [0.29, 0.717) is 68.7 Å². The van der Waals surface area contributed by atoms with Gasteiger partial charge in [0.05, 0.1) is 24.7 Å². The van der Waals surface area contributed by atoms with Crippen molar-refractivity contribution in [3.63, 3.8) is 0 Å². The number of ether oxygens (including phenoxy) is 1. The largest absolute Gasteiger partial charge is 0.378 e. The summed E-state index contributed by atoms with van der Waals surface area (Å²) >= 11 is 0. The van der Waals surface area contributed by atoms with Crippen LogP contribution in [0.4, 0.5) is 16.3 Å². The molecule has 1 aromatic carbocycles. The Labute approximate surface area is 187 Å². The van der Waals surface area contributed by atoms with Crippen LogP contribution < -0.4 is 21.3 Å². The van der Waals surface area contributed by atoms with Gasteiger partial charge in [-0.3, -0.25) is 0 Å². The highest BCUT2D eigenvalue weighted by atomic mass is 32.2. The molecule has 2 aromatic rings. The van der Waals surface area contributed by atoms with E-state index in [1.54, 1.807) is 31.3 Å². The van der Waals surface area contributed by atoms with Gasteiger partial charge in [0.25, 0.3) is 0 Å². The molecule has 172 valence electrons. The molecule has 1 aromatic heterocycles. The summed E-state index contributed by atoms with van der Waals surface area (Å²) in [7, 11) is -1.65. The van der Waals surface area contributed by atoms with Crippen LogP contribution in [0.1, 0.15) is 18.5 Å². The number of nitrogens with zero attached hydrogens (tertiary/aromatic N) is 3. The van der Waals surface area contributed by atoms with Crippen LogP contribution in [0, 0.1) is 0 Å². The van der Waals surface area contributed by atoms with Gasteiger partial charge in [-0.2, -0.15) is 0 Å². The van der Waals surface area contributed by atoms with Crippen LogP contribution >= 0.6 is 0 Å². The van der Waals surface area contributed by atoms with Gasteiger partial charge in [-0.25, -0.2) is 23.2 Å². The molecule has 2 fully saturated rings. The fraction of sp³-hybridized carbons (Fsp3) is 0.476. The van der Waals surface area contributed by atoms with E-state index in [1.807, 2.05) is 6.07 Å². The Balaban J connectivity index is 1.74. The first kappa shape index (κ1) is 22.4. The summed E-state index contributed by atoms with van der Waals surface area (Å²) in [5.74, 6) is 1.20. The van der Waals surface area contributed by atoms with Crippen molar-refractivity contribution in [2.45, 2.75) is 17.6 Å². The zero-order valence-corrected chi connectivity index (χ0v) is 18.8. The normalized spacial score (nSPS) is 17.7. The molecule has 0 unspecified atom stereocenters. The molecule has 4 N–H and O–H groups in total. The number of nitrogens with two attached hydrogens (primary N) is 1. The second-order valence-corrected chi connectivity index (χ2v) is 10.4. The zero-order valence-electron chi connectivity index (χ0n) is 18.0. The lowest BCUT2D eigenvalue weighted by atomic mass is 10.1. The third-order valence-electron chi connectivity index (χ3n) is 5.85. The van der Waals surface area contributed by atoms with E-state index in [4.69, 9.17) is 20.4 Å². The average Bonchev–Trinajstić information content (AvgIpc) is 3.61. The Bertz CT molecular complexity index is 1080. The number of primary amides is 1. The number of rotatable bonds is 8. The summed E-state index contributed by atoms with van der Waals surface area (Å²) in [5, 5.41) is 5.44. The molecule has 1 saturated heterocycles. The molecule has 0 atom stereocenters. The van der Waals surface area contributed by atoms with Gasteiger partial charge < -0.3 is 26.0 Å². The van der Waals surface area contributed by atoms with Crippen LogP contribution in [0.2, 0.25) is 0 Å². The first-order valence-corrected chi connectivity index (χ1v) is 12.3. The maximum Gasteiger partial charge on any atom is 0.316 e. The van der Waals surface area contributed by atoms with Gasteiger partial charge in [0.2, 0.25) is 0 Å². The number of benzene rings is 1. The Hall–Kier alpha value is -2.76. The number of morpholine rings is 1. The summed E-state index contributed by atoms with van der Waals surface area (Å²) in [4.78, 5) is 22.6. The molecule has 1 saturated carbocycles.